The highest BCUT2D eigenvalue weighted by Crippen LogP contribution is 2.46. The summed E-state index contributed by atoms with van der Waals surface area (Å²) in [4.78, 5) is 9.78. The van der Waals surface area contributed by atoms with Gasteiger partial charge >= 0.3 is 0 Å². The number of hydrogen-bond donors (Lipinski definition) is 0. The molecule has 9 aromatic carbocycles. The zero-order valence-electron chi connectivity index (χ0n) is 33.9. The highest BCUT2D eigenvalue weighted by atomic mass is 32.1. The third kappa shape index (κ3) is 5.74. The molecule has 0 N–H and O–H groups in total. The van der Waals surface area contributed by atoms with E-state index in [1.54, 1.807) is 6.33 Å². The zero-order valence-corrected chi connectivity index (χ0v) is 34.7. The van der Waals surface area contributed by atoms with Crippen LogP contribution in [-0.4, -0.2) is 14.5 Å². The molecular weight excluding hydrogens is 787 g/mol. The molecule has 13 rings (SSSR count). The third-order valence-electron chi connectivity index (χ3n) is 12.5. The maximum Gasteiger partial charge on any atom is 0.180 e. The van der Waals surface area contributed by atoms with Gasteiger partial charge in [-0.2, -0.15) is 0 Å². The van der Waals surface area contributed by atoms with Crippen LogP contribution in [0.25, 0.3) is 125 Å². The predicted octanol–water partition coefficient (Wildman–Crippen LogP) is 16.2. The van der Waals surface area contributed by atoms with E-state index in [2.05, 4.69) is 205 Å². The Morgan fingerprint density at radius 3 is 1.79 bits per heavy atom. The van der Waals surface area contributed by atoms with E-state index in [0.717, 1.165) is 44.6 Å². The van der Waals surface area contributed by atoms with Crippen molar-refractivity contribution in [3.8, 4) is 61.5 Å². The minimum Gasteiger partial charge on any atom is -0.452 e. The Kier molecular flexibility index (Phi) is 8.05. The van der Waals surface area contributed by atoms with Crippen molar-refractivity contribution in [2.24, 2.45) is 0 Å². The van der Waals surface area contributed by atoms with Gasteiger partial charge in [0.15, 0.2) is 5.58 Å². The number of thiophene rings is 1. The third-order valence-corrected chi connectivity index (χ3v) is 13.7. The van der Waals surface area contributed by atoms with Crippen LogP contribution in [0.15, 0.2) is 217 Å². The molecule has 0 saturated heterocycles. The van der Waals surface area contributed by atoms with E-state index in [4.69, 9.17) is 14.4 Å². The van der Waals surface area contributed by atoms with Crippen LogP contribution in [-0.2, 0) is 0 Å². The van der Waals surface area contributed by atoms with E-state index in [-0.39, 0.29) is 0 Å². The minimum absolute atomic E-state index is 0.694. The second kappa shape index (κ2) is 14.2. The highest BCUT2D eigenvalue weighted by molar-refractivity contribution is 7.26. The topological polar surface area (TPSA) is 43.9 Å². The van der Waals surface area contributed by atoms with Gasteiger partial charge in [0.2, 0.25) is 0 Å². The zero-order chi connectivity index (χ0) is 41.4. The second-order valence-corrected chi connectivity index (χ2v) is 17.2. The molecule has 4 heterocycles. The summed E-state index contributed by atoms with van der Waals surface area (Å²) in [6, 6.07) is 74.0. The van der Waals surface area contributed by atoms with Gasteiger partial charge in [-0.15, -0.1) is 11.3 Å². The van der Waals surface area contributed by atoms with Crippen molar-refractivity contribution in [3.63, 3.8) is 0 Å². The summed E-state index contributed by atoms with van der Waals surface area (Å²) in [5.41, 5.74) is 17.0. The molecule has 0 saturated carbocycles. The first kappa shape index (κ1) is 35.6. The van der Waals surface area contributed by atoms with Gasteiger partial charge < -0.3 is 8.98 Å². The Hall–Kier alpha value is -8.12. The van der Waals surface area contributed by atoms with Gasteiger partial charge in [-0.25, -0.2) is 9.97 Å². The number of aromatic nitrogens is 3. The first-order chi connectivity index (χ1) is 31.2. The van der Waals surface area contributed by atoms with Gasteiger partial charge in [0.25, 0.3) is 0 Å². The fourth-order valence-corrected chi connectivity index (χ4v) is 10.8. The average molecular weight is 822 g/mol. The van der Waals surface area contributed by atoms with Crippen LogP contribution in [0.2, 0.25) is 0 Å². The van der Waals surface area contributed by atoms with Crippen LogP contribution in [0.3, 0.4) is 0 Å². The van der Waals surface area contributed by atoms with Crippen LogP contribution in [0.1, 0.15) is 0 Å². The van der Waals surface area contributed by atoms with E-state index in [0.29, 0.717) is 5.58 Å². The Labute approximate surface area is 366 Å². The molecule has 0 aliphatic heterocycles. The molecule has 0 radical (unpaired) electrons. The Balaban J connectivity index is 0.924. The van der Waals surface area contributed by atoms with Crippen molar-refractivity contribution >= 4 is 75.4 Å². The lowest BCUT2D eigenvalue weighted by Crippen LogP contribution is -1.92. The molecule has 294 valence electrons. The van der Waals surface area contributed by atoms with Crippen molar-refractivity contribution in [1.82, 2.24) is 14.5 Å². The molecule has 0 spiro atoms. The lowest BCUT2D eigenvalue weighted by molar-refractivity contribution is 0.667. The molecule has 0 atom stereocenters. The molecule has 0 fully saturated rings. The fourth-order valence-electron chi connectivity index (χ4n) is 9.61. The van der Waals surface area contributed by atoms with Crippen molar-refractivity contribution in [3.05, 3.63) is 213 Å². The van der Waals surface area contributed by atoms with E-state index in [1.165, 1.54) is 75.4 Å². The molecular formula is C58H35N3OS. The van der Waals surface area contributed by atoms with Crippen LogP contribution < -0.4 is 0 Å². The van der Waals surface area contributed by atoms with Gasteiger partial charge in [0.1, 0.15) is 23.1 Å². The second-order valence-electron chi connectivity index (χ2n) is 16.1. The summed E-state index contributed by atoms with van der Waals surface area (Å²) in [5, 5.41) is 5.85. The molecule has 4 aromatic heterocycles. The summed E-state index contributed by atoms with van der Waals surface area (Å²) in [6.45, 7) is 0. The first-order valence-corrected chi connectivity index (χ1v) is 22.0. The molecule has 0 bridgehead atoms. The summed E-state index contributed by atoms with van der Waals surface area (Å²) >= 11 is 1.82. The predicted molar refractivity (Wildman–Crippen MR) is 264 cm³/mol. The smallest absolute Gasteiger partial charge is 0.180 e. The first-order valence-electron chi connectivity index (χ1n) is 21.2. The van der Waals surface area contributed by atoms with Gasteiger partial charge in [-0.3, -0.25) is 0 Å². The van der Waals surface area contributed by atoms with Crippen molar-refractivity contribution in [2.45, 2.75) is 0 Å². The van der Waals surface area contributed by atoms with Gasteiger partial charge in [0, 0.05) is 47.6 Å². The molecule has 63 heavy (non-hydrogen) atoms. The standard InChI is InChI=1S/C58H35N3OS/c1-3-12-36(13-4-1)37-24-26-38(27-25-37)40-29-31-51-48(34-40)57-58(62-51)56(59-35-60-57)46-20-11-23-53-55(46)54-44(19-10-22-52(54)63-53)42-15-9-14-39(32-42)41-28-30-50-47(33-41)45-18-7-8-21-49(45)61(50)43-16-5-2-6-17-43/h1-35H. The summed E-state index contributed by atoms with van der Waals surface area (Å²) in [7, 11) is 0. The minimum atomic E-state index is 0.694. The number of hydrogen-bond acceptors (Lipinski definition) is 4. The number of nitrogens with zero attached hydrogens (tertiary/aromatic N) is 3. The Morgan fingerprint density at radius 2 is 0.968 bits per heavy atom. The maximum atomic E-state index is 6.68. The fraction of sp³-hybridized carbons (Fsp3) is 0. The van der Waals surface area contributed by atoms with Crippen LogP contribution >= 0.6 is 11.3 Å². The number of rotatable bonds is 6. The Bertz CT molecular complexity index is 3900. The number of fused-ring (bicyclic) bond motifs is 9. The largest absolute Gasteiger partial charge is 0.452 e. The van der Waals surface area contributed by atoms with Gasteiger partial charge in [-0.05, 0) is 105 Å². The van der Waals surface area contributed by atoms with E-state index >= 15 is 0 Å². The van der Waals surface area contributed by atoms with E-state index < -0.39 is 0 Å². The SMILES string of the molecule is c1ccc(-c2ccc(-c3ccc4oc5c(-c6cccc7sc8cccc(-c9cccc(-c%10ccc%11c(c%10)c%10ccccc%10n%11-c%10ccccc%10)c9)c8c67)ncnc5c4c3)cc2)cc1. The van der Waals surface area contributed by atoms with E-state index in [9.17, 15) is 0 Å². The average Bonchev–Trinajstić information content (AvgIpc) is 4.04. The lowest BCUT2D eigenvalue weighted by atomic mass is 9.93. The van der Waals surface area contributed by atoms with Crippen LogP contribution in [0.4, 0.5) is 0 Å². The van der Waals surface area contributed by atoms with Crippen molar-refractivity contribution in [2.75, 3.05) is 0 Å². The van der Waals surface area contributed by atoms with E-state index in [1.807, 2.05) is 17.4 Å². The molecule has 4 nitrogen and oxygen atoms in total. The number of benzene rings is 9. The summed E-state index contributed by atoms with van der Waals surface area (Å²) in [6.07, 6.45) is 1.68. The molecule has 0 aliphatic carbocycles. The number of para-hydroxylation sites is 2. The molecule has 0 amide bonds. The maximum absolute atomic E-state index is 6.68. The lowest BCUT2D eigenvalue weighted by Gasteiger charge is -2.11. The molecule has 0 aliphatic rings. The molecule has 0 unspecified atom stereocenters. The quantitative estimate of drug-likeness (QED) is 0.168. The monoisotopic (exact) mass is 821 g/mol. The summed E-state index contributed by atoms with van der Waals surface area (Å²) < 4.78 is 11.5. The molecule has 13 aromatic rings. The Morgan fingerprint density at radius 1 is 0.397 bits per heavy atom. The normalized spacial score (nSPS) is 11.8. The van der Waals surface area contributed by atoms with Crippen LogP contribution in [0.5, 0.6) is 0 Å². The molecule has 5 heteroatoms. The highest BCUT2D eigenvalue weighted by Gasteiger charge is 2.21. The van der Waals surface area contributed by atoms with Crippen molar-refractivity contribution in [1.29, 1.82) is 0 Å². The number of furan rings is 1. The van der Waals surface area contributed by atoms with Crippen molar-refractivity contribution < 1.29 is 4.42 Å². The van der Waals surface area contributed by atoms with Gasteiger partial charge in [0.05, 0.1) is 11.0 Å². The summed E-state index contributed by atoms with van der Waals surface area (Å²) in [5.74, 6) is 0. The van der Waals surface area contributed by atoms with Crippen LogP contribution in [0, 0.1) is 0 Å². The van der Waals surface area contributed by atoms with Gasteiger partial charge in [-0.1, -0.05) is 146 Å².